The third-order valence-electron chi connectivity index (χ3n) is 2.68. The minimum absolute atomic E-state index is 0.0772. The quantitative estimate of drug-likeness (QED) is 0.531. The van der Waals surface area contributed by atoms with Crippen molar-refractivity contribution in [1.82, 2.24) is 9.80 Å². The molecule has 1 aliphatic heterocycles. The zero-order chi connectivity index (χ0) is 12.7. The minimum atomic E-state index is 0.0772. The van der Waals surface area contributed by atoms with Crippen molar-refractivity contribution in [2.75, 3.05) is 45.9 Å². The van der Waals surface area contributed by atoms with Crippen LogP contribution in [0.25, 0.3) is 0 Å². The largest absolute Gasteiger partial charge is 0.392 e. The maximum Gasteiger partial charge on any atom is 0.248 e. The van der Waals surface area contributed by atoms with Gasteiger partial charge >= 0.3 is 0 Å². The van der Waals surface area contributed by atoms with Crippen LogP contribution in [0.5, 0.6) is 0 Å². The van der Waals surface area contributed by atoms with Crippen molar-refractivity contribution in [3.8, 4) is 0 Å². The lowest BCUT2D eigenvalue weighted by atomic mass is 10.3. The van der Waals surface area contributed by atoms with Crippen molar-refractivity contribution in [2.24, 2.45) is 5.73 Å². The highest BCUT2D eigenvalue weighted by Crippen LogP contribution is 2.02. The van der Waals surface area contributed by atoms with Gasteiger partial charge in [-0.15, -0.1) is 0 Å². The Bertz CT molecular complexity index is 265. The van der Waals surface area contributed by atoms with Gasteiger partial charge in [-0.05, 0) is 6.42 Å². The summed E-state index contributed by atoms with van der Waals surface area (Å²) in [6, 6.07) is 0. The highest BCUT2D eigenvalue weighted by Gasteiger charge is 2.20. The van der Waals surface area contributed by atoms with Crippen LogP contribution in [-0.4, -0.2) is 66.6 Å². The van der Waals surface area contributed by atoms with E-state index in [-0.39, 0.29) is 12.5 Å². The number of amides is 1. The number of nitrogens with zero attached hydrogens (tertiary/aromatic N) is 2. The highest BCUT2D eigenvalue weighted by atomic mass is 32.1. The van der Waals surface area contributed by atoms with E-state index in [1.165, 1.54) is 0 Å². The summed E-state index contributed by atoms with van der Waals surface area (Å²) < 4.78 is 5.24. The number of nitrogens with two attached hydrogens (primary N) is 1. The summed E-state index contributed by atoms with van der Waals surface area (Å²) in [5.41, 5.74) is 5.49. The van der Waals surface area contributed by atoms with Crippen molar-refractivity contribution in [3.63, 3.8) is 0 Å². The van der Waals surface area contributed by atoms with Gasteiger partial charge in [-0.1, -0.05) is 19.1 Å². The summed E-state index contributed by atoms with van der Waals surface area (Å²) in [4.78, 5) is 16.2. The molecule has 0 bridgehead atoms. The van der Waals surface area contributed by atoms with E-state index in [2.05, 4.69) is 4.90 Å². The Morgan fingerprint density at radius 3 is 2.53 bits per heavy atom. The number of carbonyl (C=O) groups excluding carboxylic acids is 1. The van der Waals surface area contributed by atoms with Crippen LogP contribution in [0.15, 0.2) is 0 Å². The van der Waals surface area contributed by atoms with Crippen LogP contribution in [0.4, 0.5) is 0 Å². The van der Waals surface area contributed by atoms with E-state index >= 15 is 0 Å². The van der Waals surface area contributed by atoms with E-state index in [0.29, 0.717) is 18.1 Å². The van der Waals surface area contributed by atoms with Crippen LogP contribution >= 0.6 is 12.2 Å². The first-order valence-corrected chi connectivity index (χ1v) is 6.40. The number of hydrogen-bond acceptors (Lipinski definition) is 4. The molecule has 0 aromatic rings. The molecule has 0 aromatic carbocycles. The van der Waals surface area contributed by atoms with Crippen molar-refractivity contribution in [2.45, 2.75) is 13.3 Å². The fourth-order valence-electron chi connectivity index (χ4n) is 1.77. The van der Waals surface area contributed by atoms with Crippen LogP contribution in [0.3, 0.4) is 0 Å². The number of hydrogen-bond donors (Lipinski definition) is 1. The Hall–Kier alpha value is -0.720. The summed E-state index contributed by atoms with van der Waals surface area (Å²) in [5.74, 6) is 0.0772. The molecule has 0 aromatic heterocycles. The fourth-order valence-corrected chi connectivity index (χ4v) is 1.95. The molecular formula is C11H21N3O2S. The van der Waals surface area contributed by atoms with Gasteiger partial charge in [-0.3, -0.25) is 9.69 Å². The average Bonchev–Trinajstić information content (AvgIpc) is 2.29. The first kappa shape index (κ1) is 14.3. The zero-order valence-electron chi connectivity index (χ0n) is 10.4. The lowest BCUT2D eigenvalue weighted by molar-refractivity contribution is -0.137. The Labute approximate surface area is 108 Å². The lowest BCUT2D eigenvalue weighted by Gasteiger charge is -2.34. The van der Waals surface area contributed by atoms with E-state index in [1.807, 2.05) is 11.8 Å². The number of carbonyl (C=O) groups is 1. The first-order chi connectivity index (χ1) is 8.13. The van der Waals surface area contributed by atoms with E-state index in [4.69, 9.17) is 22.7 Å². The Morgan fingerprint density at radius 2 is 2.00 bits per heavy atom. The summed E-state index contributed by atoms with van der Waals surface area (Å²) >= 11 is 4.86. The molecule has 98 valence electrons. The van der Waals surface area contributed by atoms with Gasteiger partial charge in [0.2, 0.25) is 5.91 Å². The van der Waals surface area contributed by atoms with Gasteiger partial charge in [0.1, 0.15) is 6.61 Å². The monoisotopic (exact) mass is 259 g/mol. The standard InChI is InChI=1S/C11H21N3O2S/c1-2-7-16-9-11(15)14-5-3-13(4-6-14)8-10(12)17/h2-9H2,1H3,(H2,12,17). The second-order valence-electron chi connectivity index (χ2n) is 4.18. The van der Waals surface area contributed by atoms with E-state index in [0.717, 1.165) is 32.6 Å². The average molecular weight is 259 g/mol. The molecule has 6 heteroatoms. The number of rotatable bonds is 6. The maximum atomic E-state index is 11.7. The fraction of sp³-hybridized carbons (Fsp3) is 0.818. The second kappa shape index (κ2) is 7.58. The predicted molar refractivity (Wildman–Crippen MR) is 70.9 cm³/mol. The van der Waals surface area contributed by atoms with Crippen molar-refractivity contribution in [1.29, 1.82) is 0 Å². The Morgan fingerprint density at radius 1 is 1.35 bits per heavy atom. The second-order valence-corrected chi connectivity index (χ2v) is 4.70. The lowest BCUT2D eigenvalue weighted by Crippen LogP contribution is -2.51. The maximum absolute atomic E-state index is 11.7. The molecule has 0 aliphatic carbocycles. The van der Waals surface area contributed by atoms with Gasteiger partial charge in [0.05, 0.1) is 4.99 Å². The summed E-state index contributed by atoms with van der Waals surface area (Å²) in [6.07, 6.45) is 0.939. The molecule has 5 nitrogen and oxygen atoms in total. The molecule has 1 heterocycles. The van der Waals surface area contributed by atoms with Crippen LogP contribution < -0.4 is 5.73 Å². The topological polar surface area (TPSA) is 58.8 Å². The molecule has 2 N–H and O–H groups in total. The van der Waals surface area contributed by atoms with Gasteiger partial charge in [0, 0.05) is 39.3 Å². The molecule has 1 saturated heterocycles. The van der Waals surface area contributed by atoms with E-state index in [1.54, 1.807) is 0 Å². The van der Waals surface area contributed by atoms with E-state index in [9.17, 15) is 4.79 Å². The third kappa shape index (κ3) is 5.43. The normalized spacial score (nSPS) is 17.1. The highest BCUT2D eigenvalue weighted by molar-refractivity contribution is 7.80. The van der Waals surface area contributed by atoms with Gasteiger partial charge in [0.25, 0.3) is 0 Å². The molecular weight excluding hydrogens is 238 g/mol. The molecule has 1 aliphatic rings. The molecule has 0 spiro atoms. The Kier molecular flexibility index (Phi) is 6.39. The molecule has 0 atom stereocenters. The molecule has 1 rings (SSSR count). The molecule has 0 saturated carbocycles. The van der Waals surface area contributed by atoms with E-state index < -0.39 is 0 Å². The van der Waals surface area contributed by atoms with Gasteiger partial charge < -0.3 is 15.4 Å². The molecule has 1 fully saturated rings. The van der Waals surface area contributed by atoms with Gasteiger partial charge in [-0.25, -0.2) is 0 Å². The first-order valence-electron chi connectivity index (χ1n) is 5.99. The van der Waals surface area contributed by atoms with Crippen LogP contribution in [0.1, 0.15) is 13.3 Å². The minimum Gasteiger partial charge on any atom is -0.392 e. The van der Waals surface area contributed by atoms with Crippen molar-refractivity contribution >= 4 is 23.1 Å². The summed E-state index contributed by atoms with van der Waals surface area (Å²) in [7, 11) is 0. The van der Waals surface area contributed by atoms with Crippen molar-refractivity contribution in [3.05, 3.63) is 0 Å². The smallest absolute Gasteiger partial charge is 0.248 e. The summed E-state index contributed by atoms with van der Waals surface area (Å²) in [5, 5.41) is 0. The van der Waals surface area contributed by atoms with Crippen LogP contribution in [-0.2, 0) is 9.53 Å². The van der Waals surface area contributed by atoms with Crippen LogP contribution in [0.2, 0.25) is 0 Å². The Balaban J connectivity index is 2.21. The van der Waals surface area contributed by atoms with Gasteiger partial charge in [0.15, 0.2) is 0 Å². The molecule has 1 amide bonds. The third-order valence-corrected chi connectivity index (χ3v) is 2.81. The molecule has 0 radical (unpaired) electrons. The number of ether oxygens (including phenoxy) is 1. The van der Waals surface area contributed by atoms with Crippen LogP contribution in [0, 0.1) is 0 Å². The van der Waals surface area contributed by atoms with Crippen molar-refractivity contribution < 1.29 is 9.53 Å². The summed E-state index contributed by atoms with van der Waals surface area (Å²) in [6.45, 7) is 6.64. The number of thiocarbonyl (C=S) groups is 1. The SMILES string of the molecule is CCCOCC(=O)N1CCN(CC(N)=S)CC1. The molecule has 17 heavy (non-hydrogen) atoms. The molecule has 0 unspecified atom stereocenters. The zero-order valence-corrected chi connectivity index (χ0v) is 11.2. The number of piperazine rings is 1. The van der Waals surface area contributed by atoms with Gasteiger partial charge in [-0.2, -0.15) is 0 Å². The predicted octanol–water partition coefficient (Wildman–Crippen LogP) is -0.157.